The van der Waals surface area contributed by atoms with Crippen molar-refractivity contribution < 1.29 is 13.9 Å². The third-order valence-corrected chi connectivity index (χ3v) is 7.96. The number of hydrogen-bond acceptors (Lipinski definition) is 7. The zero-order valence-corrected chi connectivity index (χ0v) is 20.2. The van der Waals surface area contributed by atoms with Gasteiger partial charge in [0.2, 0.25) is 5.23 Å². The highest BCUT2D eigenvalue weighted by atomic mass is 32.2. The summed E-state index contributed by atoms with van der Waals surface area (Å²) in [7, 11) is 0. The van der Waals surface area contributed by atoms with Crippen LogP contribution in [0.1, 0.15) is 40.9 Å². The molecule has 1 saturated heterocycles. The fraction of sp³-hybridized carbons (Fsp3) is 0.423. The van der Waals surface area contributed by atoms with E-state index in [1.807, 2.05) is 44.2 Å². The van der Waals surface area contributed by atoms with Gasteiger partial charge in [0, 0.05) is 24.4 Å². The molecule has 1 aliphatic carbocycles. The monoisotopic (exact) mass is 476 g/mol. The maximum atomic E-state index is 13.9. The molecule has 1 aromatic heterocycles. The minimum atomic E-state index is -0.0560. The van der Waals surface area contributed by atoms with Crippen molar-refractivity contribution in [3.63, 3.8) is 0 Å². The van der Waals surface area contributed by atoms with E-state index < -0.39 is 0 Å². The lowest BCUT2D eigenvalue weighted by atomic mass is 9.97. The number of oxazole rings is 1. The first-order valence-electron chi connectivity index (χ1n) is 11.9. The Morgan fingerprint density at radius 2 is 2.18 bits per heavy atom. The van der Waals surface area contributed by atoms with Crippen LogP contribution in [0.5, 0.6) is 0 Å². The molecular formula is C26H28N4O3S. The number of para-hydroxylation sites is 2. The normalized spacial score (nSPS) is 25.4. The minimum absolute atomic E-state index is 0.0560. The lowest BCUT2D eigenvalue weighted by Crippen LogP contribution is -2.42. The Morgan fingerprint density at radius 1 is 1.29 bits per heavy atom. The number of amides is 1. The van der Waals surface area contributed by atoms with Gasteiger partial charge in [0.1, 0.15) is 5.52 Å². The number of piperidine rings is 1. The molecule has 2 aromatic carbocycles. The van der Waals surface area contributed by atoms with Crippen LogP contribution < -0.4 is 5.32 Å². The van der Waals surface area contributed by atoms with E-state index in [9.17, 15) is 4.79 Å². The molecule has 34 heavy (non-hydrogen) atoms. The molecular weight excluding hydrogens is 448 g/mol. The van der Waals surface area contributed by atoms with Gasteiger partial charge >= 0.3 is 0 Å². The van der Waals surface area contributed by atoms with Gasteiger partial charge in [-0.3, -0.25) is 4.79 Å². The highest BCUT2D eigenvalue weighted by molar-refractivity contribution is 8.13. The van der Waals surface area contributed by atoms with E-state index >= 15 is 0 Å². The number of fused-ring (bicyclic) bond motifs is 2. The van der Waals surface area contributed by atoms with E-state index in [0.717, 1.165) is 40.1 Å². The van der Waals surface area contributed by atoms with E-state index in [2.05, 4.69) is 27.3 Å². The van der Waals surface area contributed by atoms with Crippen LogP contribution >= 0.6 is 11.8 Å². The van der Waals surface area contributed by atoms with Crippen molar-refractivity contribution in [2.75, 3.05) is 30.8 Å². The Kier molecular flexibility index (Phi) is 5.48. The molecule has 1 N–H and O–H groups in total. The number of thioether (sulfide) groups is 1. The van der Waals surface area contributed by atoms with Crippen molar-refractivity contribution in [1.29, 1.82) is 0 Å². The number of benzene rings is 2. The number of carbonyl (C=O) groups is 1. The number of carbonyl (C=O) groups excluding carboxylic acids is 1. The number of aromatic nitrogens is 1. The lowest BCUT2D eigenvalue weighted by molar-refractivity contribution is 0.0713. The van der Waals surface area contributed by atoms with E-state index in [-0.39, 0.29) is 18.0 Å². The zero-order chi connectivity index (χ0) is 23.2. The topological polar surface area (TPSA) is 80.0 Å². The van der Waals surface area contributed by atoms with Crippen molar-refractivity contribution >= 4 is 40.0 Å². The Bertz CT molecular complexity index is 1240. The molecule has 3 aliphatic rings. The van der Waals surface area contributed by atoms with Gasteiger partial charge in [-0.15, -0.1) is 0 Å². The highest BCUT2D eigenvalue weighted by Gasteiger charge is 2.54. The Labute approximate surface area is 203 Å². The fourth-order valence-electron chi connectivity index (χ4n) is 5.22. The first-order chi connectivity index (χ1) is 16.6. The molecule has 6 rings (SSSR count). The lowest BCUT2D eigenvalue weighted by Gasteiger charge is -2.29. The smallest absolute Gasteiger partial charge is 0.295 e. The number of aryl methyl sites for hydroxylation is 1. The van der Waals surface area contributed by atoms with Crippen LogP contribution in [0.15, 0.2) is 51.9 Å². The van der Waals surface area contributed by atoms with Crippen LogP contribution in [0.3, 0.4) is 0 Å². The van der Waals surface area contributed by atoms with E-state index in [1.165, 1.54) is 6.42 Å². The van der Waals surface area contributed by atoms with Crippen LogP contribution in [0.2, 0.25) is 0 Å². The molecule has 1 amide bonds. The number of rotatable bonds is 6. The SMILES string of the molecule is CCOC1=NC(c2ccc(C)cc2C(=O)N2C[C@H]3C[C@H]3[C@H]2CNc2nc3ccccc3o2)CS1. The molecule has 0 spiro atoms. The van der Waals surface area contributed by atoms with Crippen LogP contribution in [-0.4, -0.2) is 52.5 Å². The van der Waals surface area contributed by atoms with Crippen LogP contribution in [0.25, 0.3) is 11.1 Å². The van der Waals surface area contributed by atoms with Crippen molar-refractivity contribution in [3.8, 4) is 0 Å². The molecule has 0 bridgehead atoms. The molecule has 176 valence electrons. The average molecular weight is 477 g/mol. The number of ether oxygens (including phenoxy) is 1. The zero-order valence-electron chi connectivity index (χ0n) is 19.4. The first-order valence-corrected chi connectivity index (χ1v) is 12.9. The Morgan fingerprint density at radius 3 is 3.03 bits per heavy atom. The third-order valence-electron chi connectivity index (χ3n) is 7.01. The van der Waals surface area contributed by atoms with Gasteiger partial charge in [0.05, 0.1) is 18.7 Å². The maximum Gasteiger partial charge on any atom is 0.295 e. The summed E-state index contributed by atoms with van der Waals surface area (Å²) in [6.45, 7) is 6.04. The average Bonchev–Trinajstić information content (AvgIpc) is 3.16. The molecule has 8 heteroatoms. The summed E-state index contributed by atoms with van der Waals surface area (Å²) >= 11 is 1.62. The molecule has 2 aliphatic heterocycles. The number of anilines is 1. The predicted octanol–water partition coefficient (Wildman–Crippen LogP) is 4.89. The molecule has 7 nitrogen and oxygen atoms in total. The number of hydrogen-bond donors (Lipinski definition) is 1. The first kappa shape index (κ1) is 21.5. The number of nitrogens with zero attached hydrogens (tertiary/aromatic N) is 3. The van der Waals surface area contributed by atoms with E-state index in [0.29, 0.717) is 36.2 Å². The number of likely N-dealkylation sites (tertiary alicyclic amines) is 1. The molecule has 0 radical (unpaired) electrons. The van der Waals surface area contributed by atoms with Gasteiger partial charge in [0.15, 0.2) is 5.58 Å². The van der Waals surface area contributed by atoms with Gasteiger partial charge in [-0.05, 0) is 55.9 Å². The quantitative estimate of drug-likeness (QED) is 0.546. The number of aliphatic imine (C=N–C) groups is 1. The molecule has 1 unspecified atom stereocenters. The summed E-state index contributed by atoms with van der Waals surface area (Å²) in [5.74, 6) is 2.03. The Balaban J connectivity index is 1.23. The van der Waals surface area contributed by atoms with Crippen molar-refractivity contribution in [3.05, 3.63) is 59.2 Å². The maximum absolute atomic E-state index is 13.9. The molecule has 1 saturated carbocycles. The Hall–Kier alpha value is -3.00. The van der Waals surface area contributed by atoms with E-state index in [1.54, 1.807) is 11.8 Å². The van der Waals surface area contributed by atoms with Crippen molar-refractivity contribution in [1.82, 2.24) is 9.88 Å². The van der Waals surface area contributed by atoms with Crippen molar-refractivity contribution in [2.45, 2.75) is 32.4 Å². The summed E-state index contributed by atoms with van der Waals surface area (Å²) in [5, 5.41) is 4.07. The van der Waals surface area contributed by atoms with Gasteiger partial charge < -0.3 is 19.4 Å². The summed E-state index contributed by atoms with van der Waals surface area (Å²) in [5.41, 5.74) is 4.43. The molecule has 3 aromatic rings. The predicted molar refractivity (Wildman–Crippen MR) is 134 cm³/mol. The summed E-state index contributed by atoms with van der Waals surface area (Å²) in [6.07, 6.45) is 1.19. The molecule has 4 atom stereocenters. The third kappa shape index (κ3) is 3.94. The second-order valence-electron chi connectivity index (χ2n) is 9.30. The van der Waals surface area contributed by atoms with Gasteiger partial charge in [-0.25, -0.2) is 4.99 Å². The van der Waals surface area contributed by atoms with E-state index in [4.69, 9.17) is 14.1 Å². The van der Waals surface area contributed by atoms with Crippen LogP contribution in [0, 0.1) is 18.8 Å². The number of nitrogens with one attached hydrogen (secondary N) is 1. The van der Waals surface area contributed by atoms with Gasteiger partial charge in [0.25, 0.3) is 11.9 Å². The molecule has 2 fully saturated rings. The van der Waals surface area contributed by atoms with Crippen LogP contribution in [-0.2, 0) is 4.74 Å². The highest BCUT2D eigenvalue weighted by Crippen LogP contribution is 2.50. The van der Waals surface area contributed by atoms with Gasteiger partial charge in [-0.2, -0.15) is 4.98 Å². The summed E-state index contributed by atoms with van der Waals surface area (Å²) < 4.78 is 11.4. The fourth-order valence-corrected chi connectivity index (χ4v) is 6.18. The second-order valence-corrected chi connectivity index (χ2v) is 10.3. The standard InChI is InChI=1S/C26H28N4O3S/c1-3-32-26-29-21(14-34-26)17-9-8-15(2)10-19(17)24(31)30-13-16-11-18(16)22(30)12-27-25-28-20-6-4-5-7-23(20)33-25/h4-10,16,18,21-22H,3,11-14H2,1-2H3,(H,27,28)/t16-,18-,21?,22-/m1/s1. The largest absolute Gasteiger partial charge is 0.473 e. The second kappa shape index (κ2) is 8.65. The summed E-state index contributed by atoms with van der Waals surface area (Å²) in [6, 6.07) is 14.5. The minimum Gasteiger partial charge on any atom is -0.473 e. The van der Waals surface area contributed by atoms with Crippen molar-refractivity contribution in [2.24, 2.45) is 16.8 Å². The van der Waals surface area contributed by atoms with Crippen LogP contribution in [0.4, 0.5) is 6.01 Å². The molecule has 3 heterocycles. The summed E-state index contributed by atoms with van der Waals surface area (Å²) in [4.78, 5) is 25.2. The van der Waals surface area contributed by atoms with Gasteiger partial charge in [-0.1, -0.05) is 41.6 Å².